The predicted molar refractivity (Wildman–Crippen MR) is 102 cm³/mol. The summed E-state index contributed by atoms with van der Waals surface area (Å²) in [6.45, 7) is 4.84. The van der Waals surface area contributed by atoms with E-state index in [1.807, 2.05) is 13.8 Å². The number of hydrogen-bond acceptors (Lipinski definition) is 4. The average molecular weight is 405 g/mol. The van der Waals surface area contributed by atoms with Crippen molar-refractivity contribution in [2.45, 2.75) is 26.4 Å². The number of carbonyl (C=O) groups excluding carboxylic acids is 1. The molecule has 1 aliphatic rings. The Kier molecular flexibility index (Phi) is 4.38. The molecule has 0 saturated heterocycles. The maximum absolute atomic E-state index is 13.4. The highest BCUT2D eigenvalue weighted by Gasteiger charge is 2.35. The summed E-state index contributed by atoms with van der Waals surface area (Å²) in [6, 6.07) is 4.04. The van der Waals surface area contributed by atoms with E-state index in [0.717, 1.165) is 4.68 Å². The van der Waals surface area contributed by atoms with Crippen LogP contribution in [0.4, 0.5) is 4.39 Å². The minimum atomic E-state index is -0.549. The Morgan fingerprint density at radius 2 is 2.11 bits per heavy atom. The third kappa shape index (κ3) is 2.67. The lowest BCUT2D eigenvalue weighted by Gasteiger charge is -2.32. The zero-order valence-electron chi connectivity index (χ0n) is 15.3. The second kappa shape index (κ2) is 6.63. The number of nitrogens with zero attached hydrogens (tertiary/aromatic N) is 4. The number of aromatic nitrogens is 3. The normalized spacial score (nSPS) is 16.6. The summed E-state index contributed by atoms with van der Waals surface area (Å²) in [5, 5.41) is 14.9. The molecule has 0 spiro atoms. The molecule has 2 aromatic heterocycles. The highest BCUT2D eigenvalue weighted by Crippen LogP contribution is 2.36. The number of halogens is 2. The Hall–Kier alpha value is -2.87. The van der Waals surface area contributed by atoms with Crippen LogP contribution in [0.5, 0.6) is 5.75 Å². The number of carbonyl (C=O) groups is 1. The summed E-state index contributed by atoms with van der Waals surface area (Å²) in [6.07, 6.45) is 1.47. The van der Waals surface area contributed by atoms with Crippen LogP contribution in [0.3, 0.4) is 0 Å². The van der Waals surface area contributed by atoms with Crippen LogP contribution in [0.2, 0.25) is 5.02 Å². The minimum Gasteiger partial charge on any atom is -0.505 e. The van der Waals surface area contributed by atoms with Gasteiger partial charge in [-0.1, -0.05) is 17.7 Å². The number of amides is 1. The molecule has 1 aromatic carbocycles. The largest absolute Gasteiger partial charge is 0.505 e. The molecular weight excluding hydrogens is 387 g/mol. The van der Waals surface area contributed by atoms with E-state index in [1.54, 1.807) is 9.47 Å². The molecule has 0 bridgehead atoms. The Morgan fingerprint density at radius 1 is 1.36 bits per heavy atom. The van der Waals surface area contributed by atoms with Crippen molar-refractivity contribution in [3.8, 4) is 5.75 Å². The third-order valence-electron chi connectivity index (χ3n) is 5.10. The first-order valence-corrected chi connectivity index (χ1v) is 9.27. The molecule has 146 valence electrons. The number of rotatable bonds is 3. The van der Waals surface area contributed by atoms with E-state index in [-0.39, 0.29) is 40.3 Å². The minimum absolute atomic E-state index is 0.0483. The van der Waals surface area contributed by atoms with Crippen LogP contribution < -0.4 is 5.56 Å². The number of hydrogen-bond donors (Lipinski definition) is 1. The first-order chi connectivity index (χ1) is 13.3. The van der Waals surface area contributed by atoms with Gasteiger partial charge in [0.2, 0.25) is 0 Å². The zero-order valence-corrected chi connectivity index (χ0v) is 16.1. The topological polar surface area (TPSA) is 80.4 Å². The van der Waals surface area contributed by atoms with Crippen molar-refractivity contribution in [3.05, 3.63) is 56.8 Å². The van der Waals surface area contributed by atoms with Crippen LogP contribution >= 0.6 is 11.6 Å². The maximum atomic E-state index is 13.4. The second-order valence-corrected chi connectivity index (χ2v) is 7.28. The van der Waals surface area contributed by atoms with Crippen molar-refractivity contribution >= 4 is 28.4 Å². The van der Waals surface area contributed by atoms with Gasteiger partial charge in [-0.05, 0) is 31.5 Å². The SMILES string of the molecule is CCN1CC(C)n2c(c(O)c3c(=O)n(Cc4ccc(F)c(Cl)c4)ncc32)C1=O. The lowest BCUT2D eigenvalue weighted by atomic mass is 10.2. The Labute approximate surface area is 164 Å². The van der Waals surface area contributed by atoms with Gasteiger partial charge in [-0.25, -0.2) is 9.07 Å². The van der Waals surface area contributed by atoms with E-state index in [9.17, 15) is 19.1 Å². The molecule has 1 N–H and O–H groups in total. The number of benzene rings is 1. The Balaban J connectivity index is 1.86. The van der Waals surface area contributed by atoms with Crippen molar-refractivity contribution in [1.29, 1.82) is 0 Å². The molecule has 1 atom stereocenters. The second-order valence-electron chi connectivity index (χ2n) is 6.88. The fourth-order valence-corrected chi connectivity index (χ4v) is 3.93. The molecule has 3 aromatic rings. The maximum Gasteiger partial charge on any atom is 0.280 e. The van der Waals surface area contributed by atoms with E-state index in [0.29, 0.717) is 24.2 Å². The Morgan fingerprint density at radius 3 is 2.79 bits per heavy atom. The molecule has 28 heavy (non-hydrogen) atoms. The average Bonchev–Trinajstić information content (AvgIpc) is 2.97. The van der Waals surface area contributed by atoms with E-state index >= 15 is 0 Å². The summed E-state index contributed by atoms with van der Waals surface area (Å²) in [5.74, 6) is -1.19. The van der Waals surface area contributed by atoms with E-state index in [4.69, 9.17) is 11.6 Å². The standard InChI is InChI=1S/C19H18ClFN4O3/c1-3-23-8-10(2)25-14-7-22-24(9-11-4-5-13(21)12(20)6-11)18(27)15(14)17(26)16(25)19(23)28/h4-7,10,26H,3,8-9H2,1-2H3. The van der Waals surface area contributed by atoms with Crippen LogP contribution in [0, 0.1) is 5.82 Å². The summed E-state index contributed by atoms with van der Waals surface area (Å²) in [4.78, 5) is 27.3. The van der Waals surface area contributed by atoms with Gasteiger partial charge in [-0.15, -0.1) is 0 Å². The molecule has 9 heteroatoms. The van der Waals surface area contributed by atoms with Crippen LogP contribution in [-0.4, -0.2) is 43.4 Å². The van der Waals surface area contributed by atoms with Crippen molar-refractivity contribution in [3.63, 3.8) is 0 Å². The summed E-state index contributed by atoms with van der Waals surface area (Å²) < 4.78 is 16.2. The number of likely N-dealkylation sites (N-methyl/N-ethyl adjacent to an activating group) is 1. The molecular formula is C19H18ClFN4O3. The molecule has 0 radical (unpaired) electrons. The number of aromatic hydroxyl groups is 1. The van der Waals surface area contributed by atoms with Gasteiger partial charge in [-0.2, -0.15) is 5.10 Å². The van der Waals surface area contributed by atoms with E-state index < -0.39 is 11.4 Å². The predicted octanol–water partition coefficient (Wildman–Crippen LogP) is 2.78. The van der Waals surface area contributed by atoms with Gasteiger partial charge in [0.1, 0.15) is 11.2 Å². The van der Waals surface area contributed by atoms with Crippen LogP contribution in [-0.2, 0) is 6.54 Å². The van der Waals surface area contributed by atoms with Gasteiger partial charge in [0.05, 0.1) is 23.3 Å². The van der Waals surface area contributed by atoms with E-state index in [1.165, 1.54) is 24.4 Å². The lowest BCUT2D eigenvalue weighted by Crippen LogP contribution is -2.41. The molecule has 0 aliphatic carbocycles. The monoisotopic (exact) mass is 404 g/mol. The third-order valence-corrected chi connectivity index (χ3v) is 5.39. The van der Waals surface area contributed by atoms with Gasteiger partial charge in [0.15, 0.2) is 11.4 Å². The molecule has 1 amide bonds. The molecule has 4 rings (SSSR count). The van der Waals surface area contributed by atoms with Crippen LogP contribution in [0.25, 0.3) is 10.9 Å². The smallest absolute Gasteiger partial charge is 0.280 e. The van der Waals surface area contributed by atoms with Crippen molar-refractivity contribution in [2.24, 2.45) is 0 Å². The number of fused-ring (bicyclic) bond motifs is 3. The van der Waals surface area contributed by atoms with Crippen LogP contribution in [0.15, 0.2) is 29.2 Å². The molecule has 0 saturated carbocycles. The van der Waals surface area contributed by atoms with Gasteiger partial charge in [-0.3, -0.25) is 9.59 Å². The van der Waals surface area contributed by atoms with Crippen molar-refractivity contribution < 1.29 is 14.3 Å². The van der Waals surface area contributed by atoms with Gasteiger partial charge < -0.3 is 14.6 Å². The summed E-state index contributed by atoms with van der Waals surface area (Å²) in [7, 11) is 0. The summed E-state index contributed by atoms with van der Waals surface area (Å²) in [5.41, 5.74) is 0.588. The first kappa shape index (κ1) is 18.5. The molecule has 3 heterocycles. The highest BCUT2D eigenvalue weighted by molar-refractivity contribution is 6.30. The Bertz CT molecular complexity index is 1170. The quantitative estimate of drug-likeness (QED) is 0.728. The first-order valence-electron chi connectivity index (χ1n) is 8.89. The van der Waals surface area contributed by atoms with Crippen LogP contribution in [0.1, 0.15) is 35.9 Å². The van der Waals surface area contributed by atoms with E-state index in [2.05, 4.69) is 5.10 Å². The summed E-state index contributed by atoms with van der Waals surface area (Å²) >= 11 is 5.80. The van der Waals surface area contributed by atoms with Gasteiger partial charge in [0.25, 0.3) is 11.5 Å². The molecule has 1 unspecified atom stereocenters. The highest BCUT2D eigenvalue weighted by atomic mass is 35.5. The van der Waals surface area contributed by atoms with Crippen molar-refractivity contribution in [1.82, 2.24) is 19.2 Å². The molecule has 1 aliphatic heterocycles. The fraction of sp³-hybridized carbons (Fsp3) is 0.316. The fourth-order valence-electron chi connectivity index (χ4n) is 3.73. The van der Waals surface area contributed by atoms with Crippen molar-refractivity contribution in [2.75, 3.05) is 13.1 Å². The molecule has 7 nitrogen and oxygen atoms in total. The lowest BCUT2D eigenvalue weighted by molar-refractivity contribution is 0.0686. The molecule has 0 fully saturated rings. The van der Waals surface area contributed by atoms with Gasteiger partial charge >= 0.3 is 0 Å². The van der Waals surface area contributed by atoms with Gasteiger partial charge in [0, 0.05) is 19.1 Å². The zero-order chi connectivity index (χ0) is 20.2.